The number of aliphatic hydroxyl groups is 1. The number of carbonyl (C=O) groups excluding carboxylic acids is 2. The number of halogens is 1. The SMILES string of the molecule is CCOc1ccc(/C(O)=C2\C(=O)C(=O)N(c3ccccn3)C2c2ccc(Br)cc2)c(C)c1. The summed E-state index contributed by atoms with van der Waals surface area (Å²) in [5.74, 6) is -0.712. The minimum atomic E-state index is -0.816. The monoisotopic (exact) mass is 492 g/mol. The minimum absolute atomic E-state index is 0.0234. The third-order valence-electron chi connectivity index (χ3n) is 5.29. The molecule has 1 aliphatic rings. The molecule has 4 rings (SSSR count). The fourth-order valence-electron chi connectivity index (χ4n) is 3.83. The third-order valence-corrected chi connectivity index (χ3v) is 5.82. The first kappa shape index (κ1) is 21.8. The zero-order valence-corrected chi connectivity index (χ0v) is 19.2. The van der Waals surface area contributed by atoms with Gasteiger partial charge in [-0.1, -0.05) is 34.1 Å². The topological polar surface area (TPSA) is 79.7 Å². The van der Waals surface area contributed by atoms with Crippen molar-refractivity contribution in [2.24, 2.45) is 0 Å². The molecule has 1 unspecified atom stereocenters. The lowest BCUT2D eigenvalue weighted by Gasteiger charge is -2.24. The molecule has 0 bridgehead atoms. The summed E-state index contributed by atoms with van der Waals surface area (Å²) in [6.45, 7) is 4.23. The molecule has 1 atom stereocenters. The highest BCUT2D eigenvalue weighted by atomic mass is 79.9. The molecule has 162 valence electrons. The van der Waals surface area contributed by atoms with Gasteiger partial charge >= 0.3 is 5.91 Å². The van der Waals surface area contributed by atoms with Crippen molar-refractivity contribution in [1.82, 2.24) is 4.98 Å². The summed E-state index contributed by atoms with van der Waals surface area (Å²) in [6.07, 6.45) is 1.56. The summed E-state index contributed by atoms with van der Waals surface area (Å²) in [5, 5.41) is 11.3. The predicted molar refractivity (Wildman–Crippen MR) is 126 cm³/mol. The molecule has 0 radical (unpaired) electrons. The van der Waals surface area contributed by atoms with Gasteiger partial charge in [-0.3, -0.25) is 14.5 Å². The number of benzene rings is 2. The molecule has 0 spiro atoms. The second-order valence-corrected chi connectivity index (χ2v) is 8.23. The van der Waals surface area contributed by atoms with E-state index < -0.39 is 17.7 Å². The van der Waals surface area contributed by atoms with Crippen molar-refractivity contribution in [2.75, 3.05) is 11.5 Å². The number of nitrogens with zero attached hydrogens (tertiary/aromatic N) is 2. The van der Waals surface area contributed by atoms with E-state index in [1.165, 1.54) is 4.90 Å². The summed E-state index contributed by atoms with van der Waals surface area (Å²) >= 11 is 3.41. The smallest absolute Gasteiger partial charge is 0.301 e. The zero-order chi connectivity index (χ0) is 22.8. The Labute approximate surface area is 194 Å². The molecular weight excluding hydrogens is 472 g/mol. The number of anilines is 1. The second-order valence-electron chi connectivity index (χ2n) is 7.32. The van der Waals surface area contributed by atoms with E-state index >= 15 is 0 Å². The standard InChI is InChI=1S/C25H21BrN2O4/c1-3-32-18-11-12-19(15(2)14-18)23(29)21-22(16-7-9-17(26)10-8-16)28(25(31)24(21)30)20-6-4-5-13-27-20/h4-14,22,29H,3H2,1-2H3/b23-21+. The van der Waals surface area contributed by atoms with Crippen LogP contribution in [0.3, 0.4) is 0 Å². The number of rotatable bonds is 5. The van der Waals surface area contributed by atoms with Crippen LogP contribution in [0.5, 0.6) is 5.75 Å². The lowest BCUT2D eigenvalue weighted by molar-refractivity contribution is -0.132. The molecule has 1 saturated heterocycles. The number of hydrogen-bond donors (Lipinski definition) is 1. The van der Waals surface area contributed by atoms with E-state index in [0.29, 0.717) is 29.3 Å². The number of ether oxygens (including phenoxy) is 1. The average molecular weight is 493 g/mol. The Hall–Kier alpha value is -3.45. The zero-order valence-electron chi connectivity index (χ0n) is 17.6. The van der Waals surface area contributed by atoms with Gasteiger partial charge in [0.1, 0.15) is 17.3 Å². The number of aryl methyl sites for hydroxylation is 1. The van der Waals surface area contributed by atoms with Gasteiger partial charge in [0.05, 0.1) is 18.2 Å². The van der Waals surface area contributed by atoms with Crippen LogP contribution in [0.4, 0.5) is 5.82 Å². The Bertz CT molecular complexity index is 1210. The number of carbonyl (C=O) groups is 2. The Morgan fingerprint density at radius 3 is 2.50 bits per heavy atom. The van der Waals surface area contributed by atoms with Crippen molar-refractivity contribution in [3.63, 3.8) is 0 Å². The minimum Gasteiger partial charge on any atom is -0.507 e. The van der Waals surface area contributed by atoms with Crippen molar-refractivity contribution in [3.8, 4) is 5.75 Å². The van der Waals surface area contributed by atoms with Gasteiger partial charge in [0, 0.05) is 16.2 Å². The lowest BCUT2D eigenvalue weighted by atomic mass is 9.94. The van der Waals surface area contributed by atoms with Crippen LogP contribution in [0.15, 0.2) is 76.9 Å². The van der Waals surface area contributed by atoms with Gasteiger partial charge in [0.2, 0.25) is 0 Å². The molecule has 2 heterocycles. The molecule has 3 aromatic rings. The lowest BCUT2D eigenvalue weighted by Crippen LogP contribution is -2.30. The van der Waals surface area contributed by atoms with Crippen molar-refractivity contribution < 1.29 is 19.4 Å². The van der Waals surface area contributed by atoms with E-state index in [9.17, 15) is 14.7 Å². The van der Waals surface area contributed by atoms with Crippen LogP contribution >= 0.6 is 15.9 Å². The maximum atomic E-state index is 13.2. The van der Waals surface area contributed by atoms with Gasteiger partial charge in [-0.25, -0.2) is 4.98 Å². The third kappa shape index (κ3) is 3.91. The molecule has 6 nitrogen and oxygen atoms in total. The van der Waals surface area contributed by atoms with Crippen molar-refractivity contribution in [1.29, 1.82) is 0 Å². The van der Waals surface area contributed by atoms with Crippen molar-refractivity contribution in [3.05, 3.63) is 93.6 Å². The number of aromatic nitrogens is 1. The van der Waals surface area contributed by atoms with E-state index in [1.807, 2.05) is 38.1 Å². The average Bonchev–Trinajstić information content (AvgIpc) is 3.05. The van der Waals surface area contributed by atoms with Gasteiger partial charge in [-0.05, 0) is 67.4 Å². The summed E-state index contributed by atoms with van der Waals surface area (Å²) in [7, 11) is 0. The molecule has 1 aromatic heterocycles. The van der Waals surface area contributed by atoms with Gasteiger partial charge in [-0.15, -0.1) is 0 Å². The number of amides is 1. The number of ketones is 1. The molecule has 1 aliphatic heterocycles. The van der Waals surface area contributed by atoms with Crippen LogP contribution in [0.2, 0.25) is 0 Å². The molecule has 2 aromatic carbocycles. The Morgan fingerprint density at radius 1 is 1.12 bits per heavy atom. The summed E-state index contributed by atoms with van der Waals surface area (Å²) in [4.78, 5) is 31.9. The fourth-order valence-corrected chi connectivity index (χ4v) is 4.09. The van der Waals surface area contributed by atoms with E-state index in [4.69, 9.17) is 4.74 Å². The molecule has 7 heteroatoms. The number of pyridine rings is 1. The predicted octanol–water partition coefficient (Wildman–Crippen LogP) is 5.18. The molecule has 1 fully saturated rings. The largest absolute Gasteiger partial charge is 0.507 e. The molecule has 1 amide bonds. The van der Waals surface area contributed by atoms with Crippen LogP contribution in [0.25, 0.3) is 5.76 Å². The van der Waals surface area contributed by atoms with E-state index in [-0.39, 0.29) is 11.3 Å². The number of aliphatic hydroxyl groups excluding tert-OH is 1. The van der Waals surface area contributed by atoms with Crippen LogP contribution in [0.1, 0.15) is 29.7 Å². The van der Waals surface area contributed by atoms with E-state index in [2.05, 4.69) is 20.9 Å². The van der Waals surface area contributed by atoms with Gasteiger partial charge in [0.25, 0.3) is 5.78 Å². The van der Waals surface area contributed by atoms with Crippen molar-refractivity contribution in [2.45, 2.75) is 19.9 Å². The molecule has 0 aliphatic carbocycles. The van der Waals surface area contributed by atoms with Crippen LogP contribution in [-0.2, 0) is 9.59 Å². The maximum absolute atomic E-state index is 13.2. The normalized spacial score (nSPS) is 17.6. The molecule has 1 N–H and O–H groups in total. The highest BCUT2D eigenvalue weighted by Gasteiger charge is 2.47. The van der Waals surface area contributed by atoms with Crippen LogP contribution in [0, 0.1) is 6.92 Å². The van der Waals surface area contributed by atoms with Gasteiger partial charge in [-0.2, -0.15) is 0 Å². The Kier molecular flexibility index (Phi) is 6.10. The second kappa shape index (κ2) is 8.96. The quantitative estimate of drug-likeness (QED) is 0.301. The van der Waals surface area contributed by atoms with Crippen LogP contribution in [-0.4, -0.2) is 28.4 Å². The first-order chi connectivity index (χ1) is 15.4. The molecule has 32 heavy (non-hydrogen) atoms. The molecule has 0 saturated carbocycles. The highest BCUT2D eigenvalue weighted by Crippen LogP contribution is 2.42. The fraction of sp³-hybridized carbons (Fsp3) is 0.160. The summed E-state index contributed by atoms with van der Waals surface area (Å²) in [5.41, 5.74) is 1.90. The highest BCUT2D eigenvalue weighted by molar-refractivity contribution is 9.10. The van der Waals surface area contributed by atoms with E-state index in [1.54, 1.807) is 42.6 Å². The summed E-state index contributed by atoms with van der Waals surface area (Å²) in [6, 6.07) is 16.8. The van der Waals surface area contributed by atoms with Gasteiger partial charge in [0.15, 0.2) is 0 Å². The first-order valence-corrected chi connectivity index (χ1v) is 10.9. The summed E-state index contributed by atoms with van der Waals surface area (Å²) < 4.78 is 6.38. The van der Waals surface area contributed by atoms with Gasteiger partial charge < -0.3 is 9.84 Å². The van der Waals surface area contributed by atoms with E-state index in [0.717, 1.165) is 10.0 Å². The maximum Gasteiger partial charge on any atom is 0.301 e. The first-order valence-electron chi connectivity index (χ1n) is 10.1. The number of Topliss-reactive ketones (excluding diaryl/α,β-unsaturated/α-hetero) is 1. The Morgan fingerprint density at radius 2 is 1.88 bits per heavy atom. The molecular formula is C25H21BrN2O4. The number of hydrogen-bond acceptors (Lipinski definition) is 5. The van der Waals surface area contributed by atoms with Crippen molar-refractivity contribution >= 4 is 39.2 Å². The Balaban J connectivity index is 1.91. The van der Waals surface area contributed by atoms with Crippen LogP contribution < -0.4 is 9.64 Å².